The van der Waals surface area contributed by atoms with Crippen LogP contribution in [0.3, 0.4) is 0 Å². The maximum absolute atomic E-state index is 12.5. The van der Waals surface area contributed by atoms with Crippen LogP contribution in [0.1, 0.15) is 163 Å². The van der Waals surface area contributed by atoms with Gasteiger partial charge >= 0.3 is 23.9 Å². The number of carbonyl (C=O) groups excluding carboxylic acids is 4. The molecule has 12 nitrogen and oxygen atoms in total. The lowest BCUT2D eigenvalue weighted by molar-refractivity contribution is -0.927. The lowest BCUT2D eigenvalue weighted by Gasteiger charge is -2.37. The van der Waals surface area contributed by atoms with Gasteiger partial charge in [-0.1, -0.05) is 180 Å². The number of rotatable bonds is 30. The van der Waals surface area contributed by atoms with Crippen LogP contribution in [0.2, 0.25) is 0 Å². The first-order valence-electron chi connectivity index (χ1n) is 32.5. The van der Waals surface area contributed by atoms with E-state index in [2.05, 4.69) is 83.5 Å². The molecule has 5 atom stereocenters. The highest BCUT2D eigenvalue weighted by Gasteiger charge is 2.32. The lowest BCUT2D eigenvalue weighted by Crippen LogP contribution is -2.51. The molecule has 0 N–H and O–H groups in total. The van der Waals surface area contributed by atoms with Gasteiger partial charge in [0.15, 0.2) is 0 Å². The standard InChI is InChI=1S/C21H32NO2.C20H30NO2.C18H26NO2.C15H20NO2/c1-4-7-15-22(6-3,14-5-2)16-17-24-21(23)20-13-12-18-10-8-9-11-19(18)20;1-4-13-21(6-3,14-5-2)15-16-23-20(22)19-12-11-17-9-7-8-10-18(17)19;1-4-19(5-2,6-3)13-14-21-18(20)17-12-11-15-9-7-8-10-16(15)17;1-16(2,3)10-11-18-15(17)14-9-8-12-6-4-5-7-13(12)14/h8-13,20H,4-7,14-17H2,1-3H3;7-12,19H,4-6,13-16H2,1-3H3;7-12,17H,4-6,13-14H2,1-3H3;4-9,14H,10-11H2,1-3H3/q4*+1. The molecule has 0 amide bonds. The van der Waals surface area contributed by atoms with Crippen LogP contribution in [0.4, 0.5) is 0 Å². The van der Waals surface area contributed by atoms with Crippen LogP contribution >= 0.6 is 0 Å². The molecular weight excluding hydrogens is 1070 g/mol. The van der Waals surface area contributed by atoms with Crippen molar-refractivity contribution in [2.24, 2.45) is 0 Å². The molecule has 4 aliphatic carbocycles. The summed E-state index contributed by atoms with van der Waals surface area (Å²) in [5.74, 6) is -1.42. The molecule has 0 bridgehead atoms. The maximum atomic E-state index is 12.5. The van der Waals surface area contributed by atoms with Crippen molar-refractivity contribution in [2.45, 2.75) is 118 Å². The molecule has 8 rings (SSSR count). The third kappa shape index (κ3) is 20.3. The number of esters is 4. The molecule has 5 unspecified atom stereocenters. The highest BCUT2D eigenvalue weighted by molar-refractivity contribution is 5.88. The quantitative estimate of drug-likeness (QED) is 0.0289. The molecule has 4 aromatic rings. The van der Waals surface area contributed by atoms with Crippen LogP contribution in [-0.4, -0.2) is 174 Å². The molecule has 12 heteroatoms. The van der Waals surface area contributed by atoms with Gasteiger partial charge in [0, 0.05) is 0 Å². The molecule has 4 aromatic carbocycles. The monoisotopic (exact) mass is 1180 g/mol. The number of fused-ring (bicyclic) bond motifs is 4. The second-order valence-electron chi connectivity index (χ2n) is 24.6. The van der Waals surface area contributed by atoms with Gasteiger partial charge < -0.3 is 36.9 Å². The Hall–Kier alpha value is -6.44. The second-order valence-corrected chi connectivity index (χ2v) is 24.6. The van der Waals surface area contributed by atoms with Crippen molar-refractivity contribution in [3.63, 3.8) is 0 Å². The Balaban J connectivity index is 0.000000210. The smallest absolute Gasteiger partial charge is 0.317 e. The van der Waals surface area contributed by atoms with E-state index >= 15 is 0 Å². The number of likely N-dealkylation sites (N-methyl/N-ethyl adjacent to an activating group) is 4. The molecule has 0 heterocycles. The van der Waals surface area contributed by atoms with Gasteiger partial charge in [-0.05, 0) is 105 Å². The van der Waals surface area contributed by atoms with E-state index in [1.807, 2.05) is 146 Å². The van der Waals surface area contributed by atoms with Crippen LogP contribution in [-0.2, 0) is 38.1 Å². The van der Waals surface area contributed by atoms with E-state index in [1.165, 1.54) is 45.2 Å². The van der Waals surface area contributed by atoms with Gasteiger partial charge in [0.25, 0.3) is 0 Å². The Morgan fingerprint density at radius 3 is 0.837 bits per heavy atom. The van der Waals surface area contributed by atoms with Crippen molar-refractivity contribution >= 4 is 48.2 Å². The Morgan fingerprint density at radius 2 is 0.581 bits per heavy atom. The Bertz CT molecular complexity index is 2860. The summed E-state index contributed by atoms with van der Waals surface area (Å²) in [4.78, 5) is 49.2. The predicted octanol–water partition coefficient (Wildman–Crippen LogP) is 13.6. The highest BCUT2D eigenvalue weighted by Crippen LogP contribution is 2.34. The van der Waals surface area contributed by atoms with Crippen molar-refractivity contribution in [3.05, 3.63) is 166 Å². The number of ether oxygens (including phenoxy) is 4. The highest BCUT2D eigenvalue weighted by atomic mass is 16.5. The average molecular weight is 1180 g/mol. The van der Waals surface area contributed by atoms with Gasteiger partial charge in [0.1, 0.15) is 76.3 Å². The van der Waals surface area contributed by atoms with E-state index < -0.39 is 0 Å². The van der Waals surface area contributed by atoms with Gasteiger partial charge in [-0.15, -0.1) is 0 Å². The summed E-state index contributed by atoms with van der Waals surface area (Å²) in [5, 5.41) is 0. The minimum Gasteiger partial charge on any atom is -0.459 e. The summed E-state index contributed by atoms with van der Waals surface area (Å²) in [6, 6.07) is 32.0. The van der Waals surface area contributed by atoms with Gasteiger partial charge in [0.2, 0.25) is 0 Å². The first-order valence-corrected chi connectivity index (χ1v) is 32.5. The van der Waals surface area contributed by atoms with Crippen LogP contribution in [0.25, 0.3) is 24.3 Å². The molecule has 0 aromatic heterocycles. The second kappa shape index (κ2) is 35.4. The van der Waals surface area contributed by atoms with E-state index in [0.717, 1.165) is 134 Å². The maximum Gasteiger partial charge on any atom is 0.317 e. The van der Waals surface area contributed by atoms with E-state index in [-0.39, 0.29) is 47.5 Å². The molecule has 4 aliphatic rings. The molecule has 86 heavy (non-hydrogen) atoms. The Kier molecular flexibility index (Phi) is 28.9. The topological polar surface area (TPSA) is 105 Å². The van der Waals surface area contributed by atoms with Crippen molar-refractivity contribution in [1.82, 2.24) is 0 Å². The summed E-state index contributed by atoms with van der Waals surface area (Å²) in [5.41, 5.74) is 8.75. The Labute approximate surface area is 518 Å². The molecule has 0 spiro atoms. The number of quaternary nitrogens is 4. The van der Waals surface area contributed by atoms with E-state index in [4.69, 9.17) is 18.9 Å². The summed E-state index contributed by atoms with van der Waals surface area (Å²) in [6.45, 7) is 35.7. The third-order valence-corrected chi connectivity index (χ3v) is 18.1. The van der Waals surface area contributed by atoms with Crippen molar-refractivity contribution in [1.29, 1.82) is 0 Å². The van der Waals surface area contributed by atoms with E-state index in [1.54, 1.807) is 0 Å². The lowest BCUT2D eigenvalue weighted by atomic mass is 10.0. The number of unbranched alkanes of at least 4 members (excludes halogenated alkanes) is 1. The number of hydrogen-bond donors (Lipinski definition) is 0. The SMILES string of the molecule is CCCC[N+](CC)(CCC)CCOC(=O)C1C=Cc2ccccc21.CCC[N+](CC)(CCC)CCOC(=O)C1C=Cc2ccccc21.CC[N+](CC)(CC)CCOC(=O)C1C=Cc2ccccc21.C[N+](C)(C)CCOC(=O)C1C=Cc2ccccc21. The number of carbonyl (C=O) groups is 4. The van der Waals surface area contributed by atoms with Crippen molar-refractivity contribution < 1.29 is 56.1 Å². The summed E-state index contributed by atoms with van der Waals surface area (Å²) in [7, 11) is 6.25. The zero-order valence-corrected chi connectivity index (χ0v) is 54.8. The van der Waals surface area contributed by atoms with Gasteiger partial charge in [-0.25, -0.2) is 0 Å². The third-order valence-electron chi connectivity index (χ3n) is 18.1. The van der Waals surface area contributed by atoms with Crippen LogP contribution in [0, 0.1) is 0 Å². The average Bonchev–Trinajstić information content (AvgIpc) is 2.45. The molecule has 0 saturated heterocycles. The number of nitrogens with zero attached hydrogens (tertiary/aromatic N) is 4. The molecule has 0 radical (unpaired) electrons. The minimum atomic E-state index is -0.230. The fourth-order valence-corrected chi connectivity index (χ4v) is 12.3. The molecular formula is C74H108N4O8+4. The van der Waals surface area contributed by atoms with Crippen LogP contribution in [0.15, 0.2) is 121 Å². The van der Waals surface area contributed by atoms with Gasteiger partial charge in [-0.2, -0.15) is 0 Å². The fraction of sp³-hybridized carbons (Fsp3) is 0.514. The van der Waals surface area contributed by atoms with E-state index in [9.17, 15) is 19.2 Å². The zero-order chi connectivity index (χ0) is 62.6. The minimum absolute atomic E-state index is 0.114. The van der Waals surface area contributed by atoms with Crippen molar-refractivity contribution in [2.75, 3.05) is 133 Å². The normalized spacial score (nSPS) is 17.3. The Morgan fingerprint density at radius 1 is 0.326 bits per heavy atom. The molecule has 468 valence electrons. The van der Waals surface area contributed by atoms with Crippen molar-refractivity contribution in [3.8, 4) is 0 Å². The molecule has 0 saturated carbocycles. The molecule has 0 fully saturated rings. The largest absolute Gasteiger partial charge is 0.459 e. The first kappa shape index (κ1) is 70.3. The molecule has 0 aliphatic heterocycles. The van der Waals surface area contributed by atoms with E-state index in [0.29, 0.717) is 26.4 Å². The first-order chi connectivity index (χ1) is 41.4. The van der Waals surface area contributed by atoms with Gasteiger partial charge in [0.05, 0.1) is 80.0 Å². The van der Waals surface area contributed by atoms with Crippen LogP contribution < -0.4 is 0 Å². The predicted molar refractivity (Wildman–Crippen MR) is 353 cm³/mol. The summed E-state index contributed by atoms with van der Waals surface area (Å²) < 4.78 is 26.1. The number of benzene rings is 4. The summed E-state index contributed by atoms with van der Waals surface area (Å²) >= 11 is 0. The number of hydrogen-bond acceptors (Lipinski definition) is 8. The van der Waals surface area contributed by atoms with Crippen LogP contribution in [0.5, 0.6) is 0 Å². The zero-order valence-electron chi connectivity index (χ0n) is 54.8. The summed E-state index contributed by atoms with van der Waals surface area (Å²) in [6.07, 6.45) is 21.7. The van der Waals surface area contributed by atoms with Gasteiger partial charge in [-0.3, -0.25) is 19.2 Å². The fourth-order valence-electron chi connectivity index (χ4n) is 12.3.